The number of hydrogen-bond donors (Lipinski definition) is 0. The van der Waals surface area contributed by atoms with Crippen molar-refractivity contribution in [3.8, 4) is 27.9 Å². The third-order valence-corrected chi connectivity index (χ3v) is 10.5. The molecule has 226 valence electrons. The number of hydrogen-bond acceptors (Lipinski definition) is 1. The Balaban J connectivity index is 1.29. The minimum absolute atomic E-state index is 0.0486. The number of aromatic nitrogens is 1. The van der Waals surface area contributed by atoms with E-state index in [4.69, 9.17) is 0 Å². The van der Waals surface area contributed by atoms with Crippen molar-refractivity contribution in [2.24, 2.45) is 0 Å². The minimum atomic E-state index is -0.0486. The summed E-state index contributed by atoms with van der Waals surface area (Å²) in [5, 5.41) is 3.73. The van der Waals surface area contributed by atoms with Gasteiger partial charge in [0.15, 0.2) is 0 Å². The van der Waals surface area contributed by atoms with Crippen LogP contribution in [-0.2, 0) is 5.41 Å². The average Bonchev–Trinajstić information content (AvgIpc) is 3.57. The second-order valence-corrected chi connectivity index (χ2v) is 13.4. The van der Waals surface area contributed by atoms with Crippen LogP contribution < -0.4 is 4.90 Å². The van der Waals surface area contributed by atoms with Gasteiger partial charge in [-0.15, -0.1) is 0 Å². The quantitative estimate of drug-likeness (QED) is 0.195. The fourth-order valence-corrected chi connectivity index (χ4v) is 8.24. The summed E-state index contributed by atoms with van der Waals surface area (Å²) < 4.78 is 2.37. The Morgan fingerprint density at radius 3 is 2.15 bits per heavy atom. The molecular weight excluding hydrogens is 569 g/mol. The molecule has 0 atom stereocenters. The lowest BCUT2D eigenvalue weighted by Crippen LogP contribution is -2.16. The molecule has 2 heteroatoms. The van der Waals surface area contributed by atoms with Gasteiger partial charge in [0.2, 0.25) is 0 Å². The molecule has 6 aromatic carbocycles. The van der Waals surface area contributed by atoms with Crippen LogP contribution in [0.5, 0.6) is 0 Å². The first kappa shape index (κ1) is 27.7. The van der Waals surface area contributed by atoms with Gasteiger partial charge >= 0.3 is 0 Å². The number of para-hydroxylation sites is 1. The third-order valence-electron chi connectivity index (χ3n) is 10.5. The highest BCUT2D eigenvalue weighted by Gasteiger charge is 2.35. The van der Waals surface area contributed by atoms with Gasteiger partial charge in [-0.2, -0.15) is 0 Å². The third kappa shape index (κ3) is 3.98. The second kappa shape index (κ2) is 10.2. The predicted molar refractivity (Wildman–Crippen MR) is 200 cm³/mol. The summed E-state index contributed by atoms with van der Waals surface area (Å²) in [4.78, 5) is 2.46. The summed E-state index contributed by atoms with van der Waals surface area (Å²) >= 11 is 0. The molecule has 0 saturated heterocycles. The van der Waals surface area contributed by atoms with Gasteiger partial charge in [-0.3, -0.25) is 0 Å². The summed E-state index contributed by atoms with van der Waals surface area (Å²) in [6.07, 6.45) is 6.70. The van der Waals surface area contributed by atoms with Crippen molar-refractivity contribution in [2.45, 2.75) is 33.1 Å². The molecule has 1 aliphatic carbocycles. The Kier molecular flexibility index (Phi) is 6.01. The van der Waals surface area contributed by atoms with E-state index < -0.39 is 0 Å². The second-order valence-electron chi connectivity index (χ2n) is 13.4. The van der Waals surface area contributed by atoms with E-state index in [0.717, 1.165) is 5.69 Å². The van der Waals surface area contributed by atoms with Crippen LogP contribution in [0.1, 0.15) is 38.8 Å². The monoisotopic (exact) mass is 604 g/mol. The molecule has 2 heterocycles. The lowest BCUT2D eigenvalue weighted by molar-refractivity contribution is 0.653. The molecular formula is C45H36N2. The Bertz CT molecular complexity index is 2470. The summed E-state index contributed by atoms with van der Waals surface area (Å²) in [7, 11) is 0. The van der Waals surface area contributed by atoms with Crippen LogP contribution in [0.2, 0.25) is 0 Å². The lowest BCUT2D eigenvalue weighted by atomic mass is 9.81. The molecule has 0 radical (unpaired) electrons. The van der Waals surface area contributed by atoms with E-state index in [1.807, 2.05) is 0 Å². The molecule has 0 unspecified atom stereocenters. The van der Waals surface area contributed by atoms with Crippen molar-refractivity contribution in [3.63, 3.8) is 0 Å². The van der Waals surface area contributed by atoms with Crippen LogP contribution in [0.3, 0.4) is 0 Å². The number of benzene rings is 6. The first-order valence-electron chi connectivity index (χ1n) is 16.6. The highest BCUT2D eigenvalue weighted by atomic mass is 15.2. The molecule has 2 aliphatic rings. The van der Waals surface area contributed by atoms with Crippen LogP contribution in [0.15, 0.2) is 151 Å². The molecule has 0 bridgehead atoms. The van der Waals surface area contributed by atoms with Crippen molar-refractivity contribution in [1.29, 1.82) is 0 Å². The van der Waals surface area contributed by atoms with Crippen LogP contribution in [0.25, 0.3) is 55.2 Å². The predicted octanol–water partition coefficient (Wildman–Crippen LogP) is 12.5. The van der Waals surface area contributed by atoms with Crippen molar-refractivity contribution < 1.29 is 0 Å². The fraction of sp³-hybridized carbons (Fsp3) is 0.111. The van der Waals surface area contributed by atoms with E-state index in [-0.39, 0.29) is 5.41 Å². The molecule has 1 aliphatic heterocycles. The molecule has 0 N–H and O–H groups in total. The van der Waals surface area contributed by atoms with Crippen molar-refractivity contribution >= 4 is 44.3 Å². The van der Waals surface area contributed by atoms with Crippen molar-refractivity contribution in [2.75, 3.05) is 4.90 Å². The van der Waals surface area contributed by atoms with Crippen LogP contribution >= 0.6 is 0 Å². The topological polar surface area (TPSA) is 8.17 Å². The van der Waals surface area contributed by atoms with Gasteiger partial charge in [0.1, 0.15) is 0 Å². The molecule has 2 nitrogen and oxygen atoms in total. The van der Waals surface area contributed by atoms with Gasteiger partial charge in [0, 0.05) is 39.5 Å². The zero-order valence-electron chi connectivity index (χ0n) is 27.3. The van der Waals surface area contributed by atoms with Gasteiger partial charge in [0.25, 0.3) is 0 Å². The summed E-state index contributed by atoms with van der Waals surface area (Å²) in [6, 6.07) is 47.2. The number of rotatable bonds is 3. The summed E-state index contributed by atoms with van der Waals surface area (Å²) in [6.45, 7) is 9.08. The molecule has 0 amide bonds. The molecule has 47 heavy (non-hydrogen) atoms. The van der Waals surface area contributed by atoms with Gasteiger partial charge in [0.05, 0.1) is 16.9 Å². The fourth-order valence-electron chi connectivity index (χ4n) is 8.24. The van der Waals surface area contributed by atoms with Crippen molar-refractivity contribution in [3.05, 3.63) is 162 Å². The van der Waals surface area contributed by atoms with E-state index in [9.17, 15) is 0 Å². The molecule has 0 spiro atoms. The Hall–Kier alpha value is -5.60. The van der Waals surface area contributed by atoms with Gasteiger partial charge in [-0.05, 0) is 107 Å². The highest BCUT2D eigenvalue weighted by Crippen LogP contribution is 2.53. The normalized spacial score (nSPS) is 14.8. The zero-order chi connectivity index (χ0) is 31.9. The molecule has 0 fully saturated rings. The standard InChI is InChI=1S/C45H36N2/c1-5-12-39-29(2)34-22-21-32(28-40(34)45(39,3)4)46-26-25-38-41(46)23-24-43-44(38)37-17-9-8-15-35(37)36-16-10-11-18-42(36)47(43)33-20-19-30-13-6-7-14-31(30)27-33/h5-28H,1-4H3/b12-5-. The van der Waals surface area contributed by atoms with Crippen LogP contribution in [0.4, 0.5) is 17.1 Å². The van der Waals surface area contributed by atoms with Crippen LogP contribution in [-0.4, -0.2) is 4.57 Å². The molecule has 1 aromatic heterocycles. The van der Waals surface area contributed by atoms with Gasteiger partial charge in [-0.1, -0.05) is 105 Å². The first-order chi connectivity index (χ1) is 23.0. The van der Waals surface area contributed by atoms with Crippen LogP contribution in [0, 0.1) is 0 Å². The molecule has 9 rings (SSSR count). The van der Waals surface area contributed by atoms with Gasteiger partial charge < -0.3 is 9.47 Å². The maximum Gasteiger partial charge on any atom is 0.0548 e. The van der Waals surface area contributed by atoms with Crippen molar-refractivity contribution in [1.82, 2.24) is 4.57 Å². The Morgan fingerprint density at radius 1 is 0.596 bits per heavy atom. The van der Waals surface area contributed by atoms with E-state index >= 15 is 0 Å². The number of anilines is 3. The summed E-state index contributed by atoms with van der Waals surface area (Å²) in [5.41, 5.74) is 16.4. The summed E-state index contributed by atoms with van der Waals surface area (Å²) in [5.74, 6) is 0. The molecule has 7 aromatic rings. The maximum absolute atomic E-state index is 2.46. The largest absolute Gasteiger partial charge is 0.317 e. The Morgan fingerprint density at radius 2 is 1.32 bits per heavy atom. The Labute approximate surface area is 276 Å². The smallest absolute Gasteiger partial charge is 0.0548 e. The zero-order valence-corrected chi connectivity index (χ0v) is 27.3. The van der Waals surface area contributed by atoms with E-state index in [2.05, 4.69) is 183 Å². The van der Waals surface area contributed by atoms with E-state index in [1.165, 1.54) is 83.3 Å². The number of nitrogens with zero attached hydrogens (tertiary/aromatic N) is 2. The van der Waals surface area contributed by atoms with Gasteiger partial charge in [-0.25, -0.2) is 0 Å². The van der Waals surface area contributed by atoms with E-state index in [1.54, 1.807) is 0 Å². The molecule has 0 saturated carbocycles. The average molecular weight is 605 g/mol. The maximum atomic E-state index is 2.46. The lowest BCUT2D eigenvalue weighted by Gasteiger charge is -2.28. The minimum Gasteiger partial charge on any atom is -0.317 e. The van der Waals surface area contributed by atoms with E-state index in [0.29, 0.717) is 0 Å². The number of allylic oxidation sites excluding steroid dienone is 4. The SMILES string of the molecule is C/C=C\C1=C(C)c2ccc(-n3ccc4c5c(ccc43)N(c3ccc4ccccc4c3)c3ccccc3-c3ccccc3-5)cc2C1(C)C. The first-order valence-corrected chi connectivity index (χ1v) is 16.6. The number of fused-ring (bicyclic) bond motifs is 9. The highest BCUT2D eigenvalue weighted by molar-refractivity contribution is 6.12.